The Morgan fingerprint density at radius 3 is 2.16 bits per heavy atom. The largest absolute Gasteiger partial charge is 0.212 e. The van der Waals surface area contributed by atoms with Crippen molar-refractivity contribution in [3.8, 4) is 22.4 Å². The number of fused-ring (bicyclic) bond motifs is 7. The maximum atomic E-state index is 2.50. The standard InChI is InChI=1S/C31H38N/c1-23-9-3-6-16-30(23)31-18-17-28(22-32(31)2)26-14-8-15-27(21-26)29-19-24-10-4-5-11-25(20-29)13-7-12-24/h3,6,8-9,14-18,21-22,24-25,29H,4-5,7,10-13,19-20H2,1-2H3/q+1. The van der Waals surface area contributed by atoms with Crippen molar-refractivity contribution in [2.45, 2.75) is 70.6 Å². The zero-order valence-electron chi connectivity index (χ0n) is 19.9. The second-order valence-corrected chi connectivity index (χ2v) is 10.5. The van der Waals surface area contributed by atoms with Crippen LogP contribution in [0.25, 0.3) is 22.4 Å². The van der Waals surface area contributed by atoms with Crippen molar-refractivity contribution >= 4 is 0 Å². The Hall–Kier alpha value is -2.41. The molecule has 166 valence electrons. The van der Waals surface area contributed by atoms with Crippen LogP contribution in [0.2, 0.25) is 0 Å². The molecule has 0 aliphatic heterocycles. The molecular formula is C31H38N+. The van der Waals surface area contributed by atoms with Crippen LogP contribution in [-0.4, -0.2) is 0 Å². The van der Waals surface area contributed by atoms with Gasteiger partial charge in [-0.2, -0.15) is 0 Å². The summed E-state index contributed by atoms with van der Waals surface area (Å²) in [6.07, 6.45) is 15.3. The predicted molar refractivity (Wildman–Crippen MR) is 135 cm³/mol. The van der Waals surface area contributed by atoms with E-state index < -0.39 is 0 Å². The van der Waals surface area contributed by atoms with Crippen LogP contribution in [0.1, 0.15) is 74.8 Å². The Labute approximate surface area is 194 Å². The molecule has 1 heterocycles. The van der Waals surface area contributed by atoms with Crippen LogP contribution in [0, 0.1) is 18.8 Å². The molecule has 0 spiro atoms. The number of pyridine rings is 1. The molecule has 0 saturated heterocycles. The van der Waals surface area contributed by atoms with Gasteiger partial charge in [0.15, 0.2) is 6.20 Å². The minimum atomic E-state index is 0.739. The average Bonchev–Trinajstić information content (AvgIpc) is 2.97. The fourth-order valence-electron chi connectivity index (χ4n) is 6.38. The van der Waals surface area contributed by atoms with E-state index in [1.807, 2.05) is 0 Å². The van der Waals surface area contributed by atoms with Gasteiger partial charge in [0.2, 0.25) is 5.69 Å². The van der Waals surface area contributed by atoms with Crippen LogP contribution in [0.5, 0.6) is 0 Å². The van der Waals surface area contributed by atoms with Crippen LogP contribution in [0.15, 0.2) is 66.9 Å². The summed E-state index contributed by atoms with van der Waals surface area (Å²) in [6, 6.07) is 22.7. The molecule has 3 aliphatic carbocycles. The van der Waals surface area contributed by atoms with Gasteiger partial charge in [0, 0.05) is 17.2 Å². The van der Waals surface area contributed by atoms with Crippen molar-refractivity contribution in [3.63, 3.8) is 0 Å². The molecule has 1 aromatic heterocycles. The van der Waals surface area contributed by atoms with Crippen LogP contribution in [0.4, 0.5) is 0 Å². The van der Waals surface area contributed by atoms with E-state index in [0.29, 0.717) is 0 Å². The highest BCUT2D eigenvalue weighted by Crippen LogP contribution is 2.42. The van der Waals surface area contributed by atoms with Crippen molar-refractivity contribution in [2.24, 2.45) is 18.9 Å². The number of benzene rings is 2. The van der Waals surface area contributed by atoms with E-state index in [1.54, 1.807) is 5.56 Å². The highest BCUT2D eigenvalue weighted by molar-refractivity contribution is 5.66. The number of aryl methyl sites for hydroxylation is 2. The summed E-state index contributed by atoms with van der Waals surface area (Å²) in [5, 5.41) is 0. The van der Waals surface area contributed by atoms with E-state index in [-0.39, 0.29) is 0 Å². The lowest BCUT2D eigenvalue weighted by Gasteiger charge is -2.29. The van der Waals surface area contributed by atoms with Gasteiger partial charge in [-0.25, -0.2) is 4.57 Å². The van der Waals surface area contributed by atoms with Gasteiger partial charge in [-0.15, -0.1) is 0 Å². The second-order valence-electron chi connectivity index (χ2n) is 10.5. The third-order valence-corrected chi connectivity index (χ3v) is 8.18. The Balaban J connectivity index is 1.44. The summed E-state index contributed by atoms with van der Waals surface area (Å²) in [6.45, 7) is 2.19. The molecule has 0 radical (unpaired) electrons. The maximum absolute atomic E-state index is 2.50. The van der Waals surface area contributed by atoms with Crippen LogP contribution < -0.4 is 4.57 Å². The molecule has 0 amide bonds. The zero-order chi connectivity index (χ0) is 21.9. The molecular weight excluding hydrogens is 386 g/mol. The molecule has 1 nitrogen and oxygen atoms in total. The number of rotatable bonds is 3. The third kappa shape index (κ3) is 4.68. The minimum Gasteiger partial charge on any atom is -0.200 e. The summed E-state index contributed by atoms with van der Waals surface area (Å²) in [5.41, 5.74) is 8.16. The first-order valence-corrected chi connectivity index (χ1v) is 12.8. The quantitative estimate of drug-likeness (QED) is 0.375. The highest BCUT2D eigenvalue weighted by atomic mass is 14.9. The van der Waals surface area contributed by atoms with Crippen molar-refractivity contribution in [1.29, 1.82) is 0 Å². The molecule has 3 fully saturated rings. The van der Waals surface area contributed by atoms with Gasteiger partial charge in [-0.3, -0.25) is 0 Å². The Kier molecular flexibility index (Phi) is 6.44. The first kappa shape index (κ1) is 21.4. The lowest BCUT2D eigenvalue weighted by Crippen LogP contribution is -2.30. The van der Waals surface area contributed by atoms with Gasteiger partial charge in [0.05, 0.1) is 0 Å². The molecule has 3 saturated carbocycles. The number of hydrogen-bond acceptors (Lipinski definition) is 0. The van der Waals surface area contributed by atoms with Gasteiger partial charge in [0.1, 0.15) is 7.05 Å². The fraction of sp³-hybridized carbons (Fsp3) is 0.452. The lowest BCUT2D eigenvalue weighted by atomic mass is 9.76. The molecule has 2 aromatic carbocycles. The first-order valence-electron chi connectivity index (χ1n) is 12.8. The lowest BCUT2D eigenvalue weighted by molar-refractivity contribution is -0.659. The highest BCUT2D eigenvalue weighted by Gasteiger charge is 2.27. The molecule has 2 bridgehead atoms. The summed E-state index contributed by atoms with van der Waals surface area (Å²) < 4.78 is 2.29. The van der Waals surface area contributed by atoms with Gasteiger partial charge in [-0.05, 0) is 66.3 Å². The Morgan fingerprint density at radius 1 is 0.719 bits per heavy atom. The second kappa shape index (κ2) is 9.61. The molecule has 3 aromatic rings. The number of aromatic nitrogens is 1. The van der Waals surface area contributed by atoms with Crippen molar-refractivity contribution in [3.05, 3.63) is 78.0 Å². The first-order chi connectivity index (χ1) is 15.7. The smallest absolute Gasteiger partial charge is 0.200 e. The van der Waals surface area contributed by atoms with Gasteiger partial charge < -0.3 is 0 Å². The molecule has 2 atom stereocenters. The normalized spacial score (nSPS) is 23.8. The summed E-state index contributed by atoms with van der Waals surface area (Å²) >= 11 is 0. The summed E-state index contributed by atoms with van der Waals surface area (Å²) in [4.78, 5) is 0. The van der Waals surface area contributed by atoms with E-state index in [2.05, 4.69) is 85.4 Å². The van der Waals surface area contributed by atoms with Gasteiger partial charge in [-0.1, -0.05) is 87.4 Å². The SMILES string of the molecule is Cc1ccccc1-c1ccc(-c2cccc(C3CC4CCCCC(CCC4)C3)c2)c[n+]1C. The Bertz CT molecular complexity index is 1050. The molecule has 6 rings (SSSR count). The minimum absolute atomic E-state index is 0.739. The number of nitrogens with zero attached hydrogens (tertiary/aromatic N) is 1. The van der Waals surface area contributed by atoms with Gasteiger partial charge >= 0.3 is 0 Å². The van der Waals surface area contributed by atoms with E-state index in [4.69, 9.17) is 0 Å². The van der Waals surface area contributed by atoms with Crippen LogP contribution in [-0.2, 0) is 7.05 Å². The number of hydrogen-bond donors (Lipinski definition) is 0. The van der Waals surface area contributed by atoms with Crippen LogP contribution in [0.3, 0.4) is 0 Å². The monoisotopic (exact) mass is 424 g/mol. The van der Waals surface area contributed by atoms with Crippen molar-refractivity contribution in [2.75, 3.05) is 0 Å². The molecule has 1 heteroatoms. The average molecular weight is 425 g/mol. The third-order valence-electron chi connectivity index (χ3n) is 8.18. The van der Waals surface area contributed by atoms with E-state index in [0.717, 1.165) is 17.8 Å². The van der Waals surface area contributed by atoms with E-state index >= 15 is 0 Å². The topological polar surface area (TPSA) is 3.88 Å². The zero-order valence-corrected chi connectivity index (χ0v) is 19.9. The molecule has 32 heavy (non-hydrogen) atoms. The molecule has 2 unspecified atom stereocenters. The van der Waals surface area contributed by atoms with Crippen molar-refractivity contribution in [1.82, 2.24) is 0 Å². The van der Waals surface area contributed by atoms with Gasteiger partial charge in [0.25, 0.3) is 0 Å². The summed E-state index contributed by atoms with van der Waals surface area (Å²) in [7, 11) is 2.18. The van der Waals surface area contributed by atoms with Crippen LogP contribution >= 0.6 is 0 Å². The maximum Gasteiger partial charge on any atom is 0.212 e. The fourth-order valence-corrected chi connectivity index (χ4v) is 6.38. The predicted octanol–water partition coefficient (Wildman–Crippen LogP) is 8.01. The van der Waals surface area contributed by atoms with E-state index in [9.17, 15) is 0 Å². The molecule has 0 N–H and O–H groups in total. The van der Waals surface area contributed by atoms with Crippen molar-refractivity contribution < 1.29 is 4.57 Å². The molecule has 3 aliphatic rings. The Morgan fingerprint density at radius 2 is 1.44 bits per heavy atom. The van der Waals surface area contributed by atoms with E-state index in [1.165, 1.54) is 85.7 Å². The summed E-state index contributed by atoms with van der Waals surface area (Å²) in [5.74, 6) is 2.62.